The van der Waals surface area contributed by atoms with Gasteiger partial charge >= 0.3 is 6.09 Å². The minimum absolute atomic E-state index is 0.0728. The van der Waals surface area contributed by atoms with Crippen molar-refractivity contribution in [2.45, 2.75) is 90.2 Å². The first-order valence-corrected chi connectivity index (χ1v) is 17.1. The second-order valence-corrected chi connectivity index (χ2v) is 14.2. The Labute approximate surface area is 285 Å². The van der Waals surface area contributed by atoms with E-state index in [1.807, 2.05) is 78.9 Å². The van der Waals surface area contributed by atoms with Gasteiger partial charge in [-0.1, -0.05) is 80.6 Å². The Bertz CT molecular complexity index is 1440. The van der Waals surface area contributed by atoms with E-state index in [9.17, 15) is 19.8 Å². The molecule has 4 rings (SSSR count). The molecule has 9 nitrogen and oxygen atoms in total. The highest BCUT2D eigenvalue weighted by atomic mass is 16.6. The van der Waals surface area contributed by atoms with Crippen molar-refractivity contribution in [2.24, 2.45) is 11.8 Å². The van der Waals surface area contributed by atoms with Crippen LogP contribution in [0.2, 0.25) is 0 Å². The van der Waals surface area contributed by atoms with Gasteiger partial charge in [0.05, 0.1) is 24.3 Å². The van der Waals surface area contributed by atoms with Crippen molar-refractivity contribution < 1.29 is 29.3 Å². The number of amides is 2. The maximum atomic E-state index is 14.0. The number of rotatable bonds is 16. The number of carbonyl (C=O) groups excluding carboxylic acids is 2. The lowest BCUT2D eigenvalue weighted by Gasteiger charge is -2.29. The van der Waals surface area contributed by atoms with Gasteiger partial charge in [0.2, 0.25) is 5.91 Å². The maximum Gasteiger partial charge on any atom is 0.407 e. The summed E-state index contributed by atoms with van der Waals surface area (Å²) in [5.74, 6) is 0.371. The Balaban J connectivity index is 1.51. The van der Waals surface area contributed by atoms with Gasteiger partial charge in [-0.2, -0.15) is 0 Å². The number of ether oxygens (including phenoxy) is 2. The van der Waals surface area contributed by atoms with Gasteiger partial charge in [-0.15, -0.1) is 0 Å². The third-order valence-corrected chi connectivity index (χ3v) is 8.37. The van der Waals surface area contributed by atoms with Crippen molar-refractivity contribution in [3.63, 3.8) is 0 Å². The molecule has 1 aliphatic carbocycles. The largest absolute Gasteiger partial charge is 0.492 e. The lowest BCUT2D eigenvalue weighted by Crippen LogP contribution is -2.48. The van der Waals surface area contributed by atoms with E-state index in [4.69, 9.17) is 9.47 Å². The van der Waals surface area contributed by atoms with E-state index in [0.29, 0.717) is 31.8 Å². The molecule has 1 aliphatic rings. The summed E-state index contributed by atoms with van der Waals surface area (Å²) in [4.78, 5) is 26.9. The lowest BCUT2D eigenvalue weighted by molar-refractivity contribution is -0.127. The number of hydrogen-bond acceptors (Lipinski definition) is 7. The van der Waals surface area contributed by atoms with Gasteiger partial charge in [0.25, 0.3) is 0 Å². The van der Waals surface area contributed by atoms with E-state index >= 15 is 0 Å². The standard InChI is InChI=1S/C39H53N3O6/c1-26(2)25-40-19-20-47-31-17-15-28(16-18-31)21-30(37(45)42-36-32-14-10-9-13-29(32)23-35(36)44)24-34(43)33(22-27-11-7-6-8-12-27)41-38(46)48-39(3,4)5/h6-18,26,30,33-36,40,43-44H,19-25H2,1-5H3,(H,41,46)(H,42,45)/t30-,33+,34+,35-,36+/m1/s1. The molecule has 2 amide bonds. The Hall–Kier alpha value is -3.92. The fraction of sp³-hybridized carbons (Fsp3) is 0.487. The predicted molar refractivity (Wildman–Crippen MR) is 188 cm³/mol. The van der Waals surface area contributed by atoms with Crippen LogP contribution >= 0.6 is 0 Å². The third kappa shape index (κ3) is 11.6. The first-order chi connectivity index (χ1) is 22.9. The average molecular weight is 660 g/mol. The van der Waals surface area contributed by atoms with Gasteiger partial charge in [-0.05, 0) is 86.9 Å². The summed E-state index contributed by atoms with van der Waals surface area (Å²) in [6.45, 7) is 11.9. The van der Waals surface area contributed by atoms with Crippen molar-refractivity contribution in [2.75, 3.05) is 19.7 Å². The molecule has 0 unspecified atom stereocenters. The Kier molecular flexibility index (Phi) is 13.4. The highest BCUT2D eigenvalue weighted by Gasteiger charge is 2.35. The zero-order valence-electron chi connectivity index (χ0n) is 28.9. The normalized spacial score (nSPS) is 17.7. The van der Waals surface area contributed by atoms with E-state index in [0.717, 1.165) is 41.1 Å². The monoisotopic (exact) mass is 659 g/mol. The summed E-state index contributed by atoms with van der Waals surface area (Å²) >= 11 is 0. The lowest BCUT2D eigenvalue weighted by atomic mass is 9.88. The van der Waals surface area contributed by atoms with Gasteiger partial charge < -0.3 is 35.6 Å². The molecule has 0 bridgehead atoms. The Morgan fingerprint density at radius 3 is 2.27 bits per heavy atom. The van der Waals surface area contributed by atoms with Crippen LogP contribution in [0.25, 0.3) is 0 Å². The number of aliphatic hydroxyl groups is 2. The van der Waals surface area contributed by atoms with E-state index in [1.165, 1.54) is 0 Å². The summed E-state index contributed by atoms with van der Waals surface area (Å²) in [6.07, 6.45) is -1.23. The molecular formula is C39H53N3O6. The molecule has 48 heavy (non-hydrogen) atoms. The minimum atomic E-state index is -1.07. The number of fused-ring (bicyclic) bond motifs is 1. The minimum Gasteiger partial charge on any atom is -0.492 e. The first kappa shape index (κ1) is 36.9. The van der Waals surface area contributed by atoms with E-state index < -0.39 is 41.9 Å². The average Bonchev–Trinajstić information content (AvgIpc) is 3.34. The van der Waals surface area contributed by atoms with E-state index in [-0.39, 0.29) is 12.3 Å². The smallest absolute Gasteiger partial charge is 0.407 e. The number of aliphatic hydroxyl groups excluding tert-OH is 2. The summed E-state index contributed by atoms with van der Waals surface area (Å²) in [6, 6.07) is 23.7. The van der Waals surface area contributed by atoms with Gasteiger partial charge in [0.15, 0.2) is 0 Å². The number of benzene rings is 3. The van der Waals surface area contributed by atoms with Crippen LogP contribution < -0.4 is 20.7 Å². The molecule has 0 spiro atoms. The molecule has 0 saturated carbocycles. The highest BCUT2D eigenvalue weighted by molar-refractivity contribution is 5.80. The molecule has 0 aliphatic heterocycles. The van der Waals surface area contributed by atoms with Crippen LogP contribution in [-0.4, -0.2) is 65.8 Å². The highest BCUT2D eigenvalue weighted by Crippen LogP contribution is 2.32. The number of nitrogens with one attached hydrogen (secondary N) is 3. The molecule has 0 saturated heterocycles. The number of hydrogen-bond donors (Lipinski definition) is 5. The zero-order chi connectivity index (χ0) is 34.7. The summed E-state index contributed by atoms with van der Waals surface area (Å²) in [5.41, 5.74) is 3.02. The van der Waals surface area contributed by atoms with Crippen LogP contribution in [0, 0.1) is 11.8 Å². The van der Waals surface area contributed by atoms with Crippen LogP contribution in [0.5, 0.6) is 5.75 Å². The zero-order valence-corrected chi connectivity index (χ0v) is 28.9. The second-order valence-electron chi connectivity index (χ2n) is 14.2. The van der Waals surface area contributed by atoms with Crippen molar-refractivity contribution in [3.8, 4) is 5.75 Å². The fourth-order valence-corrected chi connectivity index (χ4v) is 6.01. The van der Waals surface area contributed by atoms with Crippen molar-refractivity contribution in [1.82, 2.24) is 16.0 Å². The molecule has 9 heteroatoms. The molecule has 3 aromatic carbocycles. The van der Waals surface area contributed by atoms with Crippen LogP contribution in [-0.2, 0) is 28.8 Å². The van der Waals surface area contributed by atoms with Crippen molar-refractivity contribution in [3.05, 3.63) is 101 Å². The number of alkyl carbamates (subject to hydrolysis) is 1. The van der Waals surface area contributed by atoms with Crippen LogP contribution in [0.15, 0.2) is 78.9 Å². The molecule has 260 valence electrons. The third-order valence-electron chi connectivity index (χ3n) is 8.37. The van der Waals surface area contributed by atoms with E-state index in [2.05, 4.69) is 29.8 Å². The van der Waals surface area contributed by atoms with Gasteiger partial charge in [0.1, 0.15) is 18.0 Å². The van der Waals surface area contributed by atoms with E-state index in [1.54, 1.807) is 20.8 Å². The summed E-state index contributed by atoms with van der Waals surface area (Å²) in [7, 11) is 0. The molecule has 0 aromatic heterocycles. The predicted octanol–water partition coefficient (Wildman–Crippen LogP) is 5.13. The van der Waals surface area contributed by atoms with Crippen LogP contribution in [0.3, 0.4) is 0 Å². The molecule has 5 N–H and O–H groups in total. The van der Waals surface area contributed by atoms with Crippen LogP contribution in [0.1, 0.15) is 69.3 Å². The molecule has 0 radical (unpaired) electrons. The second kappa shape index (κ2) is 17.5. The quantitative estimate of drug-likeness (QED) is 0.135. The molecule has 5 atom stereocenters. The van der Waals surface area contributed by atoms with Gasteiger partial charge in [0, 0.05) is 18.9 Å². The Morgan fingerprint density at radius 1 is 0.917 bits per heavy atom. The molecule has 0 heterocycles. The summed E-state index contributed by atoms with van der Waals surface area (Å²) < 4.78 is 11.4. The van der Waals surface area contributed by atoms with Gasteiger partial charge in [-0.25, -0.2) is 4.79 Å². The topological polar surface area (TPSA) is 129 Å². The Morgan fingerprint density at radius 2 is 1.58 bits per heavy atom. The van der Waals surface area contributed by atoms with Crippen molar-refractivity contribution in [1.29, 1.82) is 0 Å². The van der Waals surface area contributed by atoms with Crippen molar-refractivity contribution >= 4 is 12.0 Å². The first-order valence-electron chi connectivity index (χ1n) is 17.1. The fourth-order valence-electron chi connectivity index (χ4n) is 6.01. The number of carbonyl (C=O) groups is 2. The van der Waals surface area contributed by atoms with Crippen LogP contribution in [0.4, 0.5) is 4.79 Å². The molecule has 0 fully saturated rings. The summed E-state index contributed by atoms with van der Waals surface area (Å²) in [5, 5.41) is 31.9. The van der Waals surface area contributed by atoms with Gasteiger partial charge in [-0.3, -0.25) is 4.79 Å². The molecule has 3 aromatic rings. The SMILES string of the molecule is CC(C)CNCCOc1ccc(C[C@H](C[C@H](O)[C@H](Cc2ccccc2)NC(=O)OC(C)(C)C)C(=O)N[C@H]2c3ccccc3C[C@H]2O)cc1. The molecular weight excluding hydrogens is 606 g/mol. The maximum absolute atomic E-state index is 14.0.